The molecule has 5 heteroatoms. The second kappa shape index (κ2) is 6.65. The van der Waals surface area contributed by atoms with Crippen LogP contribution in [0, 0.1) is 0 Å². The lowest BCUT2D eigenvalue weighted by atomic mass is 10.3. The quantitative estimate of drug-likeness (QED) is 0.864. The third-order valence-corrected chi connectivity index (χ3v) is 4.03. The van der Waals surface area contributed by atoms with Crippen LogP contribution in [-0.4, -0.2) is 11.0 Å². The minimum absolute atomic E-state index is 0.412. The van der Waals surface area contributed by atoms with Crippen LogP contribution < -0.4 is 10.1 Å². The number of hydrogen-bond donors (Lipinski definition) is 1. The van der Waals surface area contributed by atoms with E-state index >= 15 is 0 Å². The first-order valence-electron chi connectivity index (χ1n) is 6.97. The average molecular weight is 323 g/mol. The highest BCUT2D eigenvalue weighted by Gasteiger charge is 2.20. The van der Waals surface area contributed by atoms with Gasteiger partial charge in [-0.3, -0.25) is 4.98 Å². The third kappa shape index (κ3) is 4.34. The highest BCUT2D eigenvalue weighted by Crippen LogP contribution is 2.26. The Morgan fingerprint density at radius 1 is 1.10 bits per heavy atom. The van der Waals surface area contributed by atoms with E-state index < -0.39 is 0 Å². The molecule has 0 unspecified atom stereocenters. The van der Waals surface area contributed by atoms with Gasteiger partial charge in [-0.1, -0.05) is 29.3 Å². The van der Waals surface area contributed by atoms with Crippen LogP contribution in [0.15, 0.2) is 36.4 Å². The molecule has 1 aliphatic carbocycles. The number of halogens is 2. The van der Waals surface area contributed by atoms with Crippen molar-refractivity contribution in [3.05, 3.63) is 57.8 Å². The lowest BCUT2D eigenvalue weighted by molar-refractivity contribution is 0.301. The number of nitrogens with one attached hydrogen (secondary N) is 1. The average Bonchev–Trinajstić information content (AvgIpc) is 3.31. The van der Waals surface area contributed by atoms with E-state index in [-0.39, 0.29) is 0 Å². The van der Waals surface area contributed by atoms with Crippen LogP contribution in [-0.2, 0) is 13.2 Å². The lowest BCUT2D eigenvalue weighted by Gasteiger charge is -2.08. The van der Waals surface area contributed by atoms with Gasteiger partial charge in [0, 0.05) is 18.7 Å². The molecule has 1 fully saturated rings. The standard InChI is InChI=1S/C16H16Cl2N2O/c17-15-7-6-14(8-16(15)18)21-10-13-3-1-2-12(20-13)9-19-11-4-5-11/h1-3,6-8,11,19H,4-5,9-10H2. The summed E-state index contributed by atoms with van der Waals surface area (Å²) >= 11 is 11.8. The van der Waals surface area contributed by atoms with Gasteiger partial charge >= 0.3 is 0 Å². The normalized spacial score (nSPS) is 14.2. The first-order valence-corrected chi connectivity index (χ1v) is 7.72. The van der Waals surface area contributed by atoms with Crippen LogP contribution in [0.3, 0.4) is 0 Å². The van der Waals surface area contributed by atoms with Crippen molar-refractivity contribution in [2.45, 2.75) is 32.0 Å². The number of ether oxygens (including phenoxy) is 1. The summed E-state index contributed by atoms with van der Waals surface area (Å²) in [6.07, 6.45) is 2.56. The maximum Gasteiger partial charge on any atom is 0.130 e. The monoisotopic (exact) mass is 322 g/mol. The fourth-order valence-corrected chi connectivity index (χ4v) is 2.26. The van der Waals surface area contributed by atoms with E-state index in [2.05, 4.69) is 10.3 Å². The first-order chi connectivity index (χ1) is 10.2. The second-order valence-electron chi connectivity index (χ2n) is 5.14. The molecule has 110 valence electrons. The highest BCUT2D eigenvalue weighted by molar-refractivity contribution is 6.42. The topological polar surface area (TPSA) is 34.1 Å². The van der Waals surface area contributed by atoms with Gasteiger partial charge in [0.05, 0.1) is 21.4 Å². The van der Waals surface area contributed by atoms with Crippen molar-refractivity contribution in [3.8, 4) is 5.75 Å². The molecule has 2 aromatic rings. The van der Waals surface area contributed by atoms with E-state index in [4.69, 9.17) is 27.9 Å². The molecule has 1 saturated carbocycles. The SMILES string of the molecule is Clc1ccc(OCc2cccc(CNC3CC3)n2)cc1Cl. The zero-order chi connectivity index (χ0) is 14.7. The minimum atomic E-state index is 0.412. The molecule has 1 N–H and O–H groups in total. The third-order valence-electron chi connectivity index (χ3n) is 3.29. The predicted molar refractivity (Wildman–Crippen MR) is 84.9 cm³/mol. The molecule has 0 saturated heterocycles. The maximum absolute atomic E-state index is 5.96. The molecule has 0 bridgehead atoms. The Kier molecular flexibility index (Phi) is 4.63. The zero-order valence-corrected chi connectivity index (χ0v) is 13.0. The van der Waals surface area contributed by atoms with Gasteiger partial charge in [-0.2, -0.15) is 0 Å². The van der Waals surface area contributed by atoms with Crippen LogP contribution >= 0.6 is 23.2 Å². The lowest BCUT2D eigenvalue weighted by Crippen LogP contribution is -2.16. The number of rotatable bonds is 6. The molecular formula is C16H16Cl2N2O. The summed E-state index contributed by atoms with van der Waals surface area (Å²) in [4.78, 5) is 4.58. The number of nitrogens with zero attached hydrogens (tertiary/aromatic N) is 1. The summed E-state index contributed by atoms with van der Waals surface area (Å²) in [5.74, 6) is 0.688. The van der Waals surface area contributed by atoms with E-state index in [1.54, 1.807) is 18.2 Å². The summed E-state index contributed by atoms with van der Waals surface area (Å²) in [5.41, 5.74) is 1.94. The first kappa shape index (κ1) is 14.6. The maximum atomic E-state index is 5.96. The van der Waals surface area contributed by atoms with E-state index in [1.807, 2.05) is 18.2 Å². The van der Waals surface area contributed by atoms with Gasteiger partial charge < -0.3 is 10.1 Å². The van der Waals surface area contributed by atoms with Crippen molar-refractivity contribution < 1.29 is 4.74 Å². The molecule has 1 aromatic carbocycles. The van der Waals surface area contributed by atoms with Crippen molar-refractivity contribution >= 4 is 23.2 Å². The molecule has 3 rings (SSSR count). The Bertz CT molecular complexity index is 629. The van der Waals surface area contributed by atoms with Crippen LogP contribution in [0.4, 0.5) is 0 Å². The van der Waals surface area contributed by atoms with Gasteiger partial charge in [-0.05, 0) is 37.1 Å². The summed E-state index contributed by atoms with van der Waals surface area (Å²) < 4.78 is 5.69. The van der Waals surface area contributed by atoms with Crippen molar-refractivity contribution in [3.63, 3.8) is 0 Å². The van der Waals surface area contributed by atoms with Gasteiger partial charge in [0.15, 0.2) is 0 Å². The fraction of sp³-hybridized carbons (Fsp3) is 0.312. The Morgan fingerprint density at radius 2 is 1.90 bits per heavy atom. The molecule has 21 heavy (non-hydrogen) atoms. The molecular weight excluding hydrogens is 307 g/mol. The molecule has 0 amide bonds. The van der Waals surface area contributed by atoms with Crippen LogP contribution in [0.5, 0.6) is 5.75 Å². The fourth-order valence-electron chi connectivity index (χ4n) is 1.97. The van der Waals surface area contributed by atoms with E-state index in [0.29, 0.717) is 28.4 Å². The Morgan fingerprint density at radius 3 is 2.67 bits per heavy atom. The molecule has 1 aliphatic rings. The summed E-state index contributed by atoms with van der Waals surface area (Å²) in [7, 11) is 0. The van der Waals surface area contributed by atoms with E-state index in [0.717, 1.165) is 17.9 Å². The van der Waals surface area contributed by atoms with Gasteiger partial charge in [0.2, 0.25) is 0 Å². The molecule has 0 aliphatic heterocycles. The van der Waals surface area contributed by atoms with Gasteiger partial charge in [-0.25, -0.2) is 0 Å². The highest BCUT2D eigenvalue weighted by atomic mass is 35.5. The van der Waals surface area contributed by atoms with Gasteiger partial charge in [0.1, 0.15) is 12.4 Å². The van der Waals surface area contributed by atoms with Gasteiger partial charge in [-0.15, -0.1) is 0 Å². The number of aromatic nitrogens is 1. The van der Waals surface area contributed by atoms with E-state index in [1.165, 1.54) is 12.8 Å². The molecule has 1 aromatic heterocycles. The minimum Gasteiger partial charge on any atom is -0.487 e. The van der Waals surface area contributed by atoms with Crippen molar-refractivity contribution in [2.75, 3.05) is 0 Å². The predicted octanol–water partition coefficient (Wildman–Crippen LogP) is 4.22. The smallest absolute Gasteiger partial charge is 0.130 e. The van der Waals surface area contributed by atoms with Crippen LogP contribution in [0.2, 0.25) is 10.0 Å². The van der Waals surface area contributed by atoms with Gasteiger partial charge in [0.25, 0.3) is 0 Å². The number of hydrogen-bond acceptors (Lipinski definition) is 3. The van der Waals surface area contributed by atoms with Crippen molar-refractivity contribution in [1.29, 1.82) is 0 Å². The molecule has 0 spiro atoms. The summed E-state index contributed by atoms with van der Waals surface area (Å²) in [6, 6.07) is 11.9. The van der Waals surface area contributed by atoms with Crippen LogP contribution in [0.1, 0.15) is 24.2 Å². The summed E-state index contributed by atoms with van der Waals surface area (Å²) in [5, 5.41) is 4.47. The Hall–Kier alpha value is -1.29. The molecule has 0 radical (unpaired) electrons. The van der Waals surface area contributed by atoms with Crippen molar-refractivity contribution in [1.82, 2.24) is 10.3 Å². The van der Waals surface area contributed by atoms with E-state index in [9.17, 15) is 0 Å². The zero-order valence-electron chi connectivity index (χ0n) is 11.5. The summed E-state index contributed by atoms with van der Waals surface area (Å²) in [6.45, 7) is 1.22. The van der Waals surface area contributed by atoms with Crippen molar-refractivity contribution in [2.24, 2.45) is 0 Å². The number of pyridine rings is 1. The molecule has 0 atom stereocenters. The Balaban J connectivity index is 1.58. The molecule has 1 heterocycles. The Labute approximate surface area is 134 Å². The largest absolute Gasteiger partial charge is 0.487 e. The number of benzene rings is 1. The second-order valence-corrected chi connectivity index (χ2v) is 5.95. The van der Waals surface area contributed by atoms with Crippen LogP contribution in [0.25, 0.3) is 0 Å². The molecule has 3 nitrogen and oxygen atoms in total.